The van der Waals surface area contributed by atoms with E-state index in [1.807, 2.05) is 18.2 Å². The minimum absolute atomic E-state index is 0.389. The van der Waals surface area contributed by atoms with Gasteiger partial charge in [-0.15, -0.1) is 0 Å². The Hall–Kier alpha value is -1.06. The number of aliphatic hydroxyl groups excluding tert-OH is 1. The summed E-state index contributed by atoms with van der Waals surface area (Å²) >= 11 is 0. The van der Waals surface area contributed by atoms with Crippen molar-refractivity contribution >= 4 is 0 Å². The average Bonchev–Trinajstić information content (AvgIpc) is 2.65. The maximum absolute atomic E-state index is 10.4. The van der Waals surface area contributed by atoms with E-state index in [2.05, 4.69) is 33.8 Å². The molecular formula is C20H32NO2+. The number of rotatable bonds is 5. The number of hydrogen-bond donors (Lipinski definition) is 2. The maximum atomic E-state index is 10.4. The van der Waals surface area contributed by atoms with E-state index in [9.17, 15) is 5.11 Å². The number of aryl methyl sites for hydroxylation is 1. The molecule has 128 valence electrons. The Morgan fingerprint density at radius 3 is 2.83 bits per heavy atom. The summed E-state index contributed by atoms with van der Waals surface area (Å²) in [5.74, 6) is 0.854. The van der Waals surface area contributed by atoms with Crippen molar-refractivity contribution in [1.29, 1.82) is 0 Å². The van der Waals surface area contributed by atoms with Crippen LogP contribution in [0.25, 0.3) is 0 Å². The van der Waals surface area contributed by atoms with E-state index in [0.29, 0.717) is 23.5 Å². The molecule has 2 bridgehead atoms. The molecule has 1 aliphatic heterocycles. The highest BCUT2D eigenvalue weighted by Gasteiger charge is 2.52. The molecule has 0 radical (unpaired) electrons. The highest BCUT2D eigenvalue weighted by molar-refractivity contribution is 5.27. The Morgan fingerprint density at radius 1 is 1.30 bits per heavy atom. The summed E-state index contributed by atoms with van der Waals surface area (Å²) in [7, 11) is 0. The van der Waals surface area contributed by atoms with Gasteiger partial charge in [-0.3, -0.25) is 0 Å². The zero-order chi connectivity index (χ0) is 16.7. The third kappa shape index (κ3) is 4.07. The largest absolute Gasteiger partial charge is 0.491 e. The van der Waals surface area contributed by atoms with Gasteiger partial charge in [-0.25, -0.2) is 0 Å². The van der Waals surface area contributed by atoms with Crippen molar-refractivity contribution in [2.24, 2.45) is 10.8 Å². The smallest absolute Gasteiger partial charge is 0.137 e. The topological polar surface area (TPSA) is 33.9 Å². The minimum atomic E-state index is -0.392. The Bertz CT molecular complexity index is 556. The highest BCUT2D eigenvalue weighted by atomic mass is 16.5. The van der Waals surface area contributed by atoms with Crippen LogP contribution in [-0.2, 0) is 0 Å². The number of fused-ring (bicyclic) bond motifs is 2. The van der Waals surface area contributed by atoms with Crippen molar-refractivity contribution in [1.82, 2.24) is 0 Å². The molecule has 3 nitrogen and oxygen atoms in total. The number of likely N-dealkylation sites (tertiary alicyclic amines) is 1. The maximum Gasteiger partial charge on any atom is 0.137 e. The predicted molar refractivity (Wildman–Crippen MR) is 92.9 cm³/mol. The first-order valence-electron chi connectivity index (χ1n) is 8.97. The van der Waals surface area contributed by atoms with Crippen molar-refractivity contribution in [3.8, 4) is 5.75 Å². The molecule has 23 heavy (non-hydrogen) atoms. The first-order chi connectivity index (χ1) is 10.7. The van der Waals surface area contributed by atoms with Crippen molar-refractivity contribution < 1.29 is 14.7 Å². The van der Waals surface area contributed by atoms with Gasteiger partial charge in [0, 0.05) is 18.3 Å². The number of ether oxygens (including phenoxy) is 1. The van der Waals surface area contributed by atoms with Gasteiger partial charge in [0.25, 0.3) is 0 Å². The summed E-state index contributed by atoms with van der Waals surface area (Å²) < 4.78 is 5.77. The quantitative estimate of drug-likeness (QED) is 0.873. The van der Waals surface area contributed by atoms with Crippen LogP contribution in [0.1, 0.15) is 45.6 Å². The first kappa shape index (κ1) is 16.8. The van der Waals surface area contributed by atoms with Crippen LogP contribution in [0.3, 0.4) is 0 Å². The van der Waals surface area contributed by atoms with Crippen LogP contribution >= 0.6 is 0 Å². The van der Waals surface area contributed by atoms with Gasteiger partial charge in [-0.05, 0) is 36.5 Å². The molecule has 1 aromatic rings. The third-order valence-corrected chi connectivity index (χ3v) is 5.60. The lowest BCUT2D eigenvalue weighted by molar-refractivity contribution is -0.917. The summed E-state index contributed by atoms with van der Waals surface area (Å²) in [5, 5.41) is 10.4. The fourth-order valence-corrected chi connectivity index (χ4v) is 5.25. The van der Waals surface area contributed by atoms with Crippen molar-refractivity contribution in [2.45, 2.75) is 59.1 Å². The lowest BCUT2D eigenvalue weighted by atomic mass is 9.65. The molecule has 1 aliphatic carbocycles. The molecule has 3 rings (SSSR count). The Labute approximate surface area is 140 Å². The highest BCUT2D eigenvalue weighted by Crippen LogP contribution is 2.47. The van der Waals surface area contributed by atoms with Crippen LogP contribution < -0.4 is 9.64 Å². The van der Waals surface area contributed by atoms with E-state index in [1.54, 1.807) is 4.90 Å². The molecule has 1 saturated heterocycles. The second-order valence-corrected chi connectivity index (χ2v) is 9.08. The molecule has 2 aliphatic rings. The van der Waals surface area contributed by atoms with Crippen LogP contribution in [0.2, 0.25) is 0 Å². The molecule has 0 aromatic heterocycles. The van der Waals surface area contributed by atoms with Crippen molar-refractivity contribution in [2.75, 3.05) is 19.7 Å². The Morgan fingerprint density at radius 2 is 2.09 bits per heavy atom. The minimum Gasteiger partial charge on any atom is -0.491 e. The third-order valence-electron chi connectivity index (χ3n) is 5.60. The summed E-state index contributed by atoms with van der Waals surface area (Å²) in [6.07, 6.45) is 3.52. The summed E-state index contributed by atoms with van der Waals surface area (Å²) in [6, 6.07) is 8.73. The SMILES string of the molecule is Cc1cccc(OC[C@@H](O)C[NH+]2C[C@]3(C)C[C@H]2CC(C)(C)C3)c1. The van der Waals surface area contributed by atoms with E-state index in [-0.39, 0.29) is 0 Å². The van der Waals surface area contributed by atoms with Gasteiger partial charge < -0.3 is 14.7 Å². The normalized spacial score (nSPS) is 33.4. The summed E-state index contributed by atoms with van der Waals surface area (Å²) in [6.45, 7) is 11.7. The molecule has 2 N–H and O–H groups in total. The zero-order valence-electron chi connectivity index (χ0n) is 15.1. The molecule has 1 aromatic carbocycles. The number of nitrogens with one attached hydrogen (secondary N) is 1. The molecule has 4 atom stereocenters. The standard InChI is InChI=1S/C20H31NO2/c1-15-6-5-7-18(8-15)23-12-17(22)11-21-14-20(4)10-16(21)9-19(2,3)13-20/h5-8,16-17,22H,9-14H2,1-4H3/p+1/t16-,17+,20-/m1/s1. The van der Waals surface area contributed by atoms with Crippen molar-refractivity contribution in [3.05, 3.63) is 29.8 Å². The number of quaternary nitrogens is 1. The molecule has 2 fully saturated rings. The second-order valence-electron chi connectivity index (χ2n) is 9.08. The first-order valence-corrected chi connectivity index (χ1v) is 8.97. The van der Waals surface area contributed by atoms with Gasteiger partial charge in [-0.1, -0.05) is 32.9 Å². The molecule has 3 heteroatoms. The lowest BCUT2D eigenvalue weighted by Crippen LogP contribution is -3.15. The fraction of sp³-hybridized carbons (Fsp3) is 0.700. The summed E-state index contributed by atoms with van der Waals surface area (Å²) in [5.41, 5.74) is 2.09. The Kier molecular flexibility index (Phi) is 4.45. The predicted octanol–water partition coefficient (Wildman–Crippen LogP) is 2.22. The van der Waals surface area contributed by atoms with Crippen LogP contribution in [0.5, 0.6) is 5.75 Å². The van der Waals surface area contributed by atoms with Crippen LogP contribution in [0, 0.1) is 17.8 Å². The van der Waals surface area contributed by atoms with Crippen LogP contribution in [0.4, 0.5) is 0 Å². The van der Waals surface area contributed by atoms with Gasteiger partial charge in [-0.2, -0.15) is 0 Å². The van der Waals surface area contributed by atoms with E-state index >= 15 is 0 Å². The number of hydrogen-bond acceptors (Lipinski definition) is 2. The molecule has 1 unspecified atom stereocenters. The van der Waals surface area contributed by atoms with E-state index < -0.39 is 6.10 Å². The van der Waals surface area contributed by atoms with Gasteiger partial charge in [0.2, 0.25) is 0 Å². The second kappa shape index (κ2) is 6.10. The zero-order valence-corrected chi connectivity index (χ0v) is 15.1. The molecule has 1 heterocycles. The van der Waals surface area contributed by atoms with Gasteiger partial charge in [0.15, 0.2) is 0 Å². The van der Waals surface area contributed by atoms with Gasteiger partial charge in [0.1, 0.15) is 25.0 Å². The fourth-order valence-electron chi connectivity index (χ4n) is 5.25. The molecule has 0 amide bonds. The molecular weight excluding hydrogens is 286 g/mol. The molecule has 0 spiro atoms. The van der Waals surface area contributed by atoms with E-state index in [0.717, 1.165) is 12.3 Å². The van der Waals surface area contributed by atoms with Crippen LogP contribution in [0.15, 0.2) is 24.3 Å². The van der Waals surface area contributed by atoms with E-state index in [4.69, 9.17) is 4.74 Å². The van der Waals surface area contributed by atoms with Crippen molar-refractivity contribution in [3.63, 3.8) is 0 Å². The van der Waals surface area contributed by atoms with Gasteiger partial charge >= 0.3 is 0 Å². The van der Waals surface area contributed by atoms with Crippen LogP contribution in [-0.4, -0.2) is 36.9 Å². The Balaban J connectivity index is 1.53. The lowest BCUT2D eigenvalue weighted by Gasteiger charge is -2.37. The number of aliphatic hydroxyl groups is 1. The van der Waals surface area contributed by atoms with Gasteiger partial charge in [0.05, 0.1) is 12.6 Å². The average molecular weight is 318 g/mol. The summed E-state index contributed by atoms with van der Waals surface area (Å²) in [4.78, 5) is 1.58. The van der Waals surface area contributed by atoms with E-state index in [1.165, 1.54) is 31.4 Å². The monoisotopic (exact) mass is 318 g/mol. The molecule has 1 saturated carbocycles. The number of benzene rings is 1.